The minimum Gasteiger partial charge on any atom is -0.494 e. The molecule has 0 radical (unpaired) electrons. The molecule has 1 aromatic rings. The number of rotatable bonds is 4. The molecule has 0 aromatic heterocycles. The van der Waals surface area contributed by atoms with Crippen LogP contribution in [0.15, 0.2) is 24.3 Å². The van der Waals surface area contributed by atoms with E-state index in [2.05, 4.69) is 13.8 Å². The van der Waals surface area contributed by atoms with Gasteiger partial charge in [-0.25, -0.2) is 0 Å². The Bertz CT molecular complexity index is 470. The quantitative estimate of drug-likeness (QED) is 0.927. The second-order valence-electron chi connectivity index (χ2n) is 5.90. The summed E-state index contributed by atoms with van der Waals surface area (Å²) in [7, 11) is 0. The SMILES string of the molecule is CCOc1ccc(C2C(N)CCCC(=O)N2C(C)C)cc1. The topological polar surface area (TPSA) is 55.6 Å². The van der Waals surface area contributed by atoms with Gasteiger partial charge in [-0.05, 0) is 51.3 Å². The molecule has 1 aromatic carbocycles. The molecular formula is C17H26N2O2. The van der Waals surface area contributed by atoms with Crippen molar-refractivity contribution in [1.29, 1.82) is 0 Å². The molecular weight excluding hydrogens is 264 g/mol. The Morgan fingerprint density at radius 3 is 2.57 bits per heavy atom. The first-order valence-corrected chi connectivity index (χ1v) is 7.84. The third-order valence-electron chi connectivity index (χ3n) is 4.01. The van der Waals surface area contributed by atoms with Crippen LogP contribution in [0.2, 0.25) is 0 Å². The number of carbonyl (C=O) groups is 1. The number of amides is 1. The van der Waals surface area contributed by atoms with Crippen molar-refractivity contribution < 1.29 is 9.53 Å². The average Bonchev–Trinajstić information content (AvgIpc) is 2.59. The summed E-state index contributed by atoms with van der Waals surface area (Å²) in [5, 5.41) is 0. The molecule has 0 spiro atoms. The van der Waals surface area contributed by atoms with Crippen molar-refractivity contribution in [2.75, 3.05) is 6.61 Å². The number of ether oxygens (including phenoxy) is 1. The maximum absolute atomic E-state index is 12.4. The second-order valence-corrected chi connectivity index (χ2v) is 5.90. The molecule has 1 aliphatic rings. The first-order chi connectivity index (χ1) is 10.0. The highest BCUT2D eigenvalue weighted by atomic mass is 16.5. The number of nitrogens with two attached hydrogens (primary N) is 1. The minimum absolute atomic E-state index is 0.0169. The number of hydrogen-bond donors (Lipinski definition) is 1. The highest BCUT2D eigenvalue weighted by molar-refractivity contribution is 5.77. The summed E-state index contributed by atoms with van der Waals surface area (Å²) in [5.74, 6) is 1.06. The van der Waals surface area contributed by atoms with Crippen LogP contribution >= 0.6 is 0 Å². The van der Waals surface area contributed by atoms with Gasteiger partial charge in [0.05, 0.1) is 12.6 Å². The van der Waals surface area contributed by atoms with Crippen molar-refractivity contribution in [2.24, 2.45) is 5.73 Å². The lowest BCUT2D eigenvalue weighted by molar-refractivity contribution is -0.135. The van der Waals surface area contributed by atoms with Gasteiger partial charge in [0.15, 0.2) is 0 Å². The fourth-order valence-electron chi connectivity index (χ4n) is 3.08. The summed E-state index contributed by atoms with van der Waals surface area (Å²) < 4.78 is 5.48. The molecule has 1 fully saturated rings. The van der Waals surface area contributed by atoms with Crippen molar-refractivity contribution in [3.05, 3.63) is 29.8 Å². The van der Waals surface area contributed by atoms with Gasteiger partial charge in [-0.15, -0.1) is 0 Å². The van der Waals surface area contributed by atoms with Crippen LogP contribution in [0.4, 0.5) is 0 Å². The Morgan fingerprint density at radius 1 is 1.33 bits per heavy atom. The average molecular weight is 290 g/mol. The number of likely N-dealkylation sites (tertiary alicyclic amines) is 1. The molecule has 2 unspecified atom stereocenters. The molecule has 4 heteroatoms. The molecule has 2 atom stereocenters. The Kier molecular flexibility index (Phi) is 5.23. The smallest absolute Gasteiger partial charge is 0.223 e. The molecule has 21 heavy (non-hydrogen) atoms. The van der Waals surface area contributed by atoms with E-state index >= 15 is 0 Å². The summed E-state index contributed by atoms with van der Waals surface area (Å²) in [5.41, 5.74) is 7.47. The summed E-state index contributed by atoms with van der Waals surface area (Å²) >= 11 is 0. The zero-order chi connectivity index (χ0) is 15.4. The summed E-state index contributed by atoms with van der Waals surface area (Å²) in [4.78, 5) is 14.4. The van der Waals surface area contributed by atoms with E-state index in [4.69, 9.17) is 10.5 Å². The van der Waals surface area contributed by atoms with Crippen LogP contribution < -0.4 is 10.5 Å². The van der Waals surface area contributed by atoms with Gasteiger partial charge in [0.2, 0.25) is 5.91 Å². The number of nitrogens with zero attached hydrogens (tertiary/aromatic N) is 1. The molecule has 1 heterocycles. The molecule has 2 rings (SSSR count). The molecule has 1 aliphatic heterocycles. The fraction of sp³-hybridized carbons (Fsp3) is 0.588. The van der Waals surface area contributed by atoms with E-state index < -0.39 is 0 Å². The first-order valence-electron chi connectivity index (χ1n) is 7.84. The highest BCUT2D eigenvalue weighted by Gasteiger charge is 2.34. The number of carbonyl (C=O) groups excluding carboxylic acids is 1. The van der Waals surface area contributed by atoms with Gasteiger partial charge < -0.3 is 15.4 Å². The summed E-state index contributed by atoms with van der Waals surface area (Å²) in [6, 6.07) is 8.07. The van der Waals surface area contributed by atoms with Crippen molar-refractivity contribution in [2.45, 2.75) is 58.2 Å². The fourth-order valence-corrected chi connectivity index (χ4v) is 3.08. The van der Waals surface area contributed by atoms with E-state index in [0.29, 0.717) is 13.0 Å². The summed E-state index contributed by atoms with van der Waals surface area (Å²) in [6.07, 6.45) is 2.35. The zero-order valence-corrected chi connectivity index (χ0v) is 13.2. The lowest BCUT2D eigenvalue weighted by atomic mass is 9.95. The van der Waals surface area contributed by atoms with Crippen molar-refractivity contribution in [1.82, 2.24) is 4.90 Å². The van der Waals surface area contributed by atoms with Gasteiger partial charge in [-0.2, -0.15) is 0 Å². The third-order valence-corrected chi connectivity index (χ3v) is 4.01. The van der Waals surface area contributed by atoms with Gasteiger partial charge in [0.25, 0.3) is 0 Å². The molecule has 0 bridgehead atoms. The van der Waals surface area contributed by atoms with Gasteiger partial charge in [-0.1, -0.05) is 12.1 Å². The first kappa shape index (κ1) is 15.8. The van der Waals surface area contributed by atoms with Gasteiger partial charge in [0.1, 0.15) is 5.75 Å². The molecule has 0 aliphatic carbocycles. The minimum atomic E-state index is -0.0457. The van der Waals surface area contributed by atoms with Crippen LogP contribution in [0.5, 0.6) is 5.75 Å². The molecule has 4 nitrogen and oxygen atoms in total. The largest absolute Gasteiger partial charge is 0.494 e. The van der Waals surface area contributed by atoms with E-state index in [1.54, 1.807) is 0 Å². The second kappa shape index (κ2) is 6.94. The predicted octanol–water partition coefficient (Wildman–Crippen LogP) is 2.87. The molecule has 0 saturated carbocycles. The Labute approximate surface area is 127 Å². The van der Waals surface area contributed by atoms with Crippen LogP contribution in [-0.4, -0.2) is 29.5 Å². The number of hydrogen-bond acceptors (Lipinski definition) is 3. The molecule has 2 N–H and O–H groups in total. The van der Waals surface area contributed by atoms with Crippen LogP contribution in [-0.2, 0) is 4.79 Å². The lowest BCUT2D eigenvalue weighted by Crippen LogP contribution is -2.45. The third kappa shape index (κ3) is 3.56. The predicted molar refractivity (Wildman–Crippen MR) is 84.2 cm³/mol. The van der Waals surface area contributed by atoms with E-state index in [1.807, 2.05) is 36.1 Å². The van der Waals surface area contributed by atoms with E-state index in [9.17, 15) is 4.79 Å². The number of benzene rings is 1. The van der Waals surface area contributed by atoms with E-state index in [-0.39, 0.29) is 24.0 Å². The Balaban J connectivity index is 2.32. The molecule has 1 saturated heterocycles. The van der Waals surface area contributed by atoms with Crippen molar-refractivity contribution in [3.8, 4) is 5.75 Å². The molecule has 1 amide bonds. The van der Waals surface area contributed by atoms with Gasteiger partial charge in [-0.3, -0.25) is 4.79 Å². The van der Waals surface area contributed by atoms with Gasteiger partial charge in [0, 0.05) is 18.5 Å². The van der Waals surface area contributed by atoms with Gasteiger partial charge >= 0.3 is 0 Å². The lowest BCUT2D eigenvalue weighted by Gasteiger charge is -2.37. The standard InChI is InChI=1S/C17H26N2O2/c1-4-21-14-10-8-13(9-11-14)17-15(18)6-5-7-16(20)19(17)12(2)3/h8-12,15,17H,4-7,18H2,1-3H3. The zero-order valence-electron chi connectivity index (χ0n) is 13.2. The van der Waals surface area contributed by atoms with E-state index in [1.165, 1.54) is 0 Å². The van der Waals surface area contributed by atoms with Crippen LogP contribution in [0, 0.1) is 0 Å². The van der Waals surface area contributed by atoms with Crippen molar-refractivity contribution in [3.63, 3.8) is 0 Å². The Morgan fingerprint density at radius 2 is 2.00 bits per heavy atom. The monoisotopic (exact) mass is 290 g/mol. The maximum Gasteiger partial charge on any atom is 0.223 e. The summed E-state index contributed by atoms with van der Waals surface area (Å²) in [6.45, 7) is 6.72. The molecule has 116 valence electrons. The van der Waals surface area contributed by atoms with E-state index in [0.717, 1.165) is 24.2 Å². The van der Waals surface area contributed by atoms with Crippen LogP contribution in [0.1, 0.15) is 51.6 Å². The normalized spacial score (nSPS) is 23.3. The van der Waals surface area contributed by atoms with Crippen LogP contribution in [0.3, 0.4) is 0 Å². The van der Waals surface area contributed by atoms with Crippen LogP contribution in [0.25, 0.3) is 0 Å². The highest BCUT2D eigenvalue weighted by Crippen LogP contribution is 2.32. The maximum atomic E-state index is 12.4. The Hall–Kier alpha value is -1.55. The van der Waals surface area contributed by atoms with Crippen molar-refractivity contribution >= 4 is 5.91 Å².